The Morgan fingerprint density at radius 1 is 1.03 bits per heavy atom. The molecule has 0 saturated carbocycles. The standard InChI is InChI=1S/C28H31N3O5/c1-4-35-22-10-8-21(9-11-22)26(32)24-25(20-6-12-23(13-7-20)36-19(2)3)31(28(34)27(24)33)16-5-15-30-17-14-29-18-30/h6-14,17-19,25,32H,4-5,15-16H2,1-3H3/b26-24+. The van der Waals surface area contributed by atoms with Crippen LogP contribution in [0.1, 0.15) is 44.4 Å². The van der Waals surface area contributed by atoms with Crippen molar-refractivity contribution in [2.75, 3.05) is 13.2 Å². The Balaban J connectivity index is 1.69. The summed E-state index contributed by atoms with van der Waals surface area (Å²) in [5, 5.41) is 11.2. The molecule has 8 nitrogen and oxygen atoms in total. The van der Waals surface area contributed by atoms with Crippen LogP contribution in [0, 0.1) is 0 Å². The minimum atomic E-state index is -0.715. The molecular weight excluding hydrogens is 458 g/mol. The summed E-state index contributed by atoms with van der Waals surface area (Å²) in [7, 11) is 0. The van der Waals surface area contributed by atoms with Gasteiger partial charge in [0.15, 0.2) is 0 Å². The molecule has 1 saturated heterocycles. The summed E-state index contributed by atoms with van der Waals surface area (Å²) in [5.41, 5.74) is 1.24. The molecule has 1 aromatic heterocycles. The molecule has 1 aliphatic heterocycles. The van der Waals surface area contributed by atoms with E-state index in [2.05, 4.69) is 4.98 Å². The fraction of sp³-hybridized carbons (Fsp3) is 0.321. The van der Waals surface area contributed by atoms with Crippen molar-refractivity contribution in [3.8, 4) is 11.5 Å². The van der Waals surface area contributed by atoms with Gasteiger partial charge in [-0.05, 0) is 69.2 Å². The minimum Gasteiger partial charge on any atom is -0.507 e. The maximum atomic E-state index is 13.2. The smallest absolute Gasteiger partial charge is 0.295 e. The number of imidazole rings is 1. The normalized spacial score (nSPS) is 17.1. The number of carbonyl (C=O) groups excluding carboxylic acids is 2. The second-order valence-corrected chi connectivity index (χ2v) is 8.84. The van der Waals surface area contributed by atoms with Crippen LogP contribution in [0.15, 0.2) is 72.8 Å². The molecule has 4 rings (SSSR count). The van der Waals surface area contributed by atoms with Crippen molar-refractivity contribution in [1.82, 2.24) is 14.5 Å². The monoisotopic (exact) mass is 489 g/mol. The van der Waals surface area contributed by atoms with Gasteiger partial charge in [-0.2, -0.15) is 0 Å². The number of ketones is 1. The third-order valence-corrected chi connectivity index (χ3v) is 5.92. The quantitative estimate of drug-likeness (QED) is 0.255. The Kier molecular flexibility index (Phi) is 7.73. The van der Waals surface area contributed by atoms with E-state index >= 15 is 0 Å². The van der Waals surface area contributed by atoms with Crippen molar-refractivity contribution in [1.29, 1.82) is 0 Å². The lowest BCUT2D eigenvalue weighted by molar-refractivity contribution is -0.139. The van der Waals surface area contributed by atoms with Crippen molar-refractivity contribution in [2.45, 2.75) is 45.9 Å². The predicted molar refractivity (Wildman–Crippen MR) is 136 cm³/mol. The summed E-state index contributed by atoms with van der Waals surface area (Å²) in [6, 6.07) is 13.4. The van der Waals surface area contributed by atoms with Crippen LogP contribution in [0.25, 0.3) is 5.76 Å². The second-order valence-electron chi connectivity index (χ2n) is 8.84. The number of aliphatic hydroxyl groups is 1. The van der Waals surface area contributed by atoms with Gasteiger partial charge in [0.2, 0.25) is 0 Å². The first-order valence-electron chi connectivity index (χ1n) is 12.1. The predicted octanol–water partition coefficient (Wildman–Crippen LogP) is 4.58. The first-order valence-corrected chi connectivity index (χ1v) is 12.1. The summed E-state index contributed by atoms with van der Waals surface area (Å²) in [6.07, 6.45) is 5.90. The molecule has 1 amide bonds. The number of likely N-dealkylation sites (tertiary alicyclic amines) is 1. The Hall–Kier alpha value is -4.07. The van der Waals surface area contributed by atoms with Crippen LogP contribution < -0.4 is 9.47 Å². The van der Waals surface area contributed by atoms with Gasteiger partial charge in [0, 0.05) is 31.0 Å². The lowest BCUT2D eigenvalue weighted by Crippen LogP contribution is -2.31. The van der Waals surface area contributed by atoms with Gasteiger partial charge >= 0.3 is 0 Å². The summed E-state index contributed by atoms with van der Waals surface area (Å²) >= 11 is 0. The van der Waals surface area contributed by atoms with E-state index in [-0.39, 0.29) is 17.4 Å². The van der Waals surface area contributed by atoms with E-state index in [0.717, 1.165) is 5.56 Å². The third kappa shape index (κ3) is 5.43. The lowest BCUT2D eigenvalue weighted by atomic mass is 9.95. The number of hydrogen-bond donors (Lipinski definition) is 1. The summed E-state index contributed by atoms with van der Waals surface area (Å²) in [6.45, 7) is 7.29. The molecule has 0 spiro atoms. The molecule has 0 radical (unpaired) electrons. The highest BCUT2D eigenvalue weighted by molar-refractivity contribution is 6.46. The average molecular weight is 490 g/mol. The molecule has 8 heteroatoms. The fourth-order valence-electron chi connectivity index (χ4n) is 4.33. The van der Waals surface area contributed by atoms with Crippen LogP contribution in [0.4, 0.5) is 0 Å². The Bertz CT molecular complexity index is 1220. The van der Waals surface area contributed by atoms with Gasteiger partial charge in [-0.15, -0.1) is 0 Å². The second kappa shape index (κ2) is 11.1. The number of nitrogens with zero attached hydrogens (tertiary/aromatic N) is 3. The molecule has 1 N–H and O–H groups in total. The zero-order valence-electron chi connectivity index (χ0n) is 20.8. The number of aliphatic hydroxyl groups excluding tert-OH is 1. The van der Waals surface area contributed by atoms with Crippen LogP contribution in [-0.4, -0.2) is 50.5 Å². The van der Waals surface area contributed by atoms with Crippen LogP contribution >= 0.6 is 0 Å². The topological polar surface area (TPSA) is 93.9 Å². The van der Waals surface area contributed by atoms with Gasteiger partial charge in [0.25, 0.3) is 11.7 Å². The molecule has 0 bridgehead atoms. The minimum absolute atomic E-state index is 0.0179. The third-order valence-electron chi connectivity index (χ3n) is 5.92. The molecular formula is C28H31N3O5. The molecule has 0 aliphatic carbocycles. The number of amides is 1. The van der Waals surface area contributed by atoms with Crippen molar-refractivity contribution in [3.05, 3.63) is 84.0 Å². The largest absolute Gasteiger partial charge is 0.507 e. The van der Waals surface area contributed by atoms with Gasteiger partial charge in [-0.1, -0.05) is 12.1 Å². The van der Waals surface area contributed by atoms with Crippen LogP contribution in [0.3, 0.4) is 0 Å². The van der Waals surface area contributed by atoms with Crippen LogP contribution in [-0.2, 0) is 16.1 Å². The van der Waals surface area contributed by atoms with E-state index in [4.69, 9.17) is 9.47 Å². The van der Waals surface area contributed by atoms with E-state index in [1.165, 1.54) is 4.90 Å². The molecule has 1 unspecified atom stereocenters. The van der Waals surface area contributed by atoms with Crippen molar-refractivity contribution in [2.24, 2.45) is 0 Å². The van der Waals surface area contributed by atoms with E-state index in [1.807, 2.05) is 55.8 Å². The maximum Gasteiger partial charge on any atom is 0.295 e. The van der Waals surface area contributed by atoms with Crippen molar-refractivity contribution >= 4 is 17.4 Å². The molecule has 188 valence electrons. The molecule has 1 atom stereocenters. The first kappa shape index (κ1) is 25.0. The summed E-state index contributed by atoms with van der Waals surface area (Å²) in [5.74, 6) is -0.179. The van der Waals surface area contributed by atoms with Gasteiger partial charge in [0.05, 0.1) is 30.7 Å². The van der Waals surface area contributed by atoms with Crippen LogP contribution in [0.2, 0.25) is 0 Å². The number of ether oxygens (including phenoxy) is 2. The van der Waals surface area contributed by atoms with E-state index < -0.39 is 17.7 Å². The van der Waals surface area contributed by atoms with Gasteiger partial charge < -0.3 is 24.0 Å². The maximum absolute atomic E-state index is 13.2. The van der Waals surface area contributed by atoms with Crippen molar-refractivity contribution in [3.63, 3.8) is 0 Å². The molecule has 3 aromatic rings. The molecule has 1 fully saturated rings. The highest BCUT2D eigenvalue weighted by Crippen LogP contribution is 2.40. The Morgan fingerprint density at radius 3 is 2.33 bits per heavy atom. The zero-order valence-corrected chi connectivity index (χ0v) is 20.8. The van der Waals surface area contributed by atoms with Gasteiger partial charge in [-0.3, -0.25) is 9.59 Å². The number of carbonyl (C=O) groups is 2. The molecule has 36 heavy (non-hydrogen) atoms. The SMILES string of the molecule is CCOc1ccc(/C(O)=C2\C(=O)C(=O)N(CCCn3ccnc3)C2c2ccc(OC(C)C)cc2)cc1. The lowest BCUT2D eigenvalue weighted by Gasteiger charge is -2.25. The number of hydrogen-bond acceptors (Lipinski definition) is 6. The number of aryl methyl sites for hydroxylation is 1. The average Bonchev–Trinajstić information content (AvgIpc) is 3.47. The zero-order chi connectivity index (χ0) is 25.7. The Morgan fingerprint density at radius 2 is 1.72 bits per heavy atom. The summed E-state index contributed by atoms with van der Waals surface area (Å²) in [4.78, 5) is 31.9. The number of rotatable bonds is 10. The van der Waals surface area contributed by atoms with Gasteiger partial charge in [0.1, 0.15) is 17.3 Å². The van der Waals surface area contributed by atoms with E-state index in [0.29, 0.717) is 43.2 Å². The summed E-state index contributed by atoms with van der Waals surface area (Å²) < 4.78 is 13.2. The number of aromatic nitrogens is 2. The fourth-order valence-corrected chi connectivity index (χ4v) is 4.33. The van der Waals surface area contributed by atoms with E-state index in [1.54, 1.807) is 36.8 Å². The highest BCUT2D eigenvalue weighted by atomic mass is 16.5. The van der Waals surface area contributed by atoms with E-state index in [9.17, 15) is 14.7 Å². The van der Waals surface area contributed by atoms with Crippen molar-refractivity contribution < 1.29 is 24.2 Å². The van der Waals surface area contributed by atoms with Crippen LogP contribution in [0.5, 0.6) is 11.5 Å². The number of Topliss-reactive ketones (excluding diaryl/α,β-unsaturated/α-hetero) is 1. The number of benzene rings is 2. The Labute approximate surface area is 210 Å². The molecule has 2 aromatic carbocycles. The molecule has 2 heterocycles. The van der Waals surface area contributed by atoms with Gasteiger partial charge in [-0.25, -0.2) is 4.98 Å². The first-order chi connectivity index (χ1) is 17.4. The molecule has 1 aliphatic rings. The highest BCUT2D eigenvalue weighted by Gasteiger charge is 2.45.